The summed E-state index contributed by atoms with van der Waals surface area (Å²) in [6, 6.07) is 22.0. The molecular weight excluding hydrogens is 510 g/mol. The van der Waals surface area contributed by atoms with Crippen LogP contribution in [0.2, 0.25) is 5.02 Å². The molecule has 0 amide bonds. The minimum absolute atomic E-state index is 0.00724. The van der Waals surface area contributed by atoms with Crippen LogP contribution in [0.25, 0.3) is 5.69 Å². The molecular formula is C32H30ClN3O3. The fourth-order valence-electron chi connectivity index (χ4n) is 5.88. The summed E-state index contributed by atoms with van der Waals surface area (Å²) < 4.78 is 12.9. The molecule has 1 aromatic heterocycles. The van der Waals surface area contributed by atoms with Crippen molar-refractivity contribution in [3.63, 3.8) is 0 Å². The Bertz CT molecular complexity index is 1600. The van der Waals surface area contributed by atoms with Crippen molar-refractivity contribution in [2.45, 2.75) is 38.5 Å². The molecule has 1 N–H and O–H groups in total. The van der Waals surface area contributed by atoms with Crippen molar-refractivity contribution in [1.82, 2.24) is 9.78 Å². The van der Waals surface area contributed by atoms with Gasteiger partial charge in [-0.25, -0.2) is 4.68 Å². The third-order valence-corrected chi connectivity index (χ3v) is 8.07. The molecule has 0 saturated heterocycles. The number of nitrogens with one attached hydrogen (secondary N) is 1. The van der Waals surface area contributed by atoms with Crippen LogP contribution in [-0.4, -0.2) is 29.8 Å². The van der Waals surface area contributed by atoms with Crippen LogP contribution in [0.4, 0.5) is 5.82 Å². The lowest BCUT2D eigenvalue weighted by molar-refractivity contribution is -0.116. The minimum atomic E-state index is -0.230. The molecule has 39 heavy (non-hydrogen) atoms. The monoisotopic (exact) mass is 539 g/mol. The largest absolute Gasteiger partial charge is 0.493 e. The summed E-state index contributed by atoms with van der Waals surface area (Å²) in [6.07, 6.45) is 1.11. The highest BCUT2D eigenvalue weighted by Crippen LogP contribution is 2.50. The number of methoxy groups -OCH3 is 2. The first-order valence-electron chi connectivity index (χ1n) is 13.0. The summed E-state index contributed by atoms with van der Waals surface area (Å²) in [5.74, 6) is 2.14. The number of hydrogen-bond donors (Lipinski definition) is 1. The molecule has 0 unspecified atom stereocenters. The highest BCUT2D eigenvalue weighted by Gasteiger charge is 2.41. The van der Waals surface area contributed by atoms with Gasteiger partial charge in [-0.3, -0.25) is 4.79 Å². The highest BCUT2D eigenvalue weighted by atomic mass is 35.5. The third-order valence-electron chi connectivity index (χ3n) is 7.82. The van der Waals surface area contributed by atoms with E-state index in [9.17, 15) is 4.79 Å². The molecule has 198 valence electrons. The number of aromatic nitrogens is 2. The molecule has 4 aromatic rings. The van der Waals surface area contributed by atoms with Gasteiger partial charge in [0, 0.05) is 34.2 Å². The van der Waals surface area contributed by atoms with Gasteiger partial charge in [-0.2, -0.15) is 5.10 Å². The molecule has 0 bridgehead atoms. The van der Waals surface area contributed by atoms with Gasteiger partial charge in [0.05, 0.1) is 25.6 Å². The highest BCUT2D eigenvalue weighted by molar-refractivity contribution is 6.30. The topological polar surface area (TPSA) is 65.4 Å². The Morgan fingerprint density at radius 1 is 0.897 bits per heavy atom. The number of rotatable bonds is 5. The number of carbonyl (C=O) groups is 1. The predicted octanol–water partition coefficient (Wildman–Crippen LogP) is 7.12. The second-order valence-electron chi connectivity index (χ2n) is 10.2. The molecule has 0 fully saturated rings. The number of halogens is 1. The van der Waals surface area contributed by atoms with Gasteiger partial charge in [0.1, 0.15) is 5.82 Å². The summed E-state index contributed by atoms with van der Waals surface area (Å²) in [6.45, 7) is 4.08. The lowest BCUT2D eigenvalue weighted by Crippen LogP contribution is -2.30. The van der Waals surface area contributed by atoms with Crippen molar-refractivity contribution in [2.75, 3.05) is 19.5 Å². The van der Waals surface area contributed by atoms with Gasteiger partial charge in [0.2, 0.25) is 0 Å². The van der Waals surface area contributed by atoms with Crippen LogP contribution >= 0.6 is 11.6 Å². The molecule has 2 atom stereocenters. The van der Waals surface area contributed by atoms with Gasteiger partial charge in [-0.15, -0.1) is 0 Å². The van der Waals surface area contributed by atoms with Gasteiger partial charge in [0.25, 0.3) is 0 Å². The van der Waals surface area contributed by atoms with Gasteiger partial charge >= 0.3 is 0 Å². The average molecular weight is 540 g/mol. The maximum atomic E-state index is 14.0. The second kappa shape index (κ2) is 9.93. The normalized spacial score (nSPS) is 18.3. The first kappa shape index (κ1) is 25.3. The maximum Gasteiger partial charge on any atom is 0.162 e. The molecule has 2 aliphatic rings. The fraction of sp³-hybridized carbons (Fsp3) is 0.250. The van der Waals surface area contributed by atoms with Crippen LogP contribution in [0.5, 0.6) is 11.5 Å². The molecule has 3 aromatic carbocycles. The first-order chi connectivity index (χ1) is 18.9. The van der Waals surface area contributed by atoms with E-state index in [0.717, 1.165) is 45.2 Å². The van der Waals surface area contributed by atoms with Crippen molar-refractivity contribution < 1.29 is 14.3 Å². The third kappa shape index (κ3) is 4.39. The zero-order valence-corrected chi connectivity index (χ0v) is 23.2. The quantitative estimate of drug-likeness (QED) is 0.292. The minimum Gasteiger partial charge on any atom is -0.493 e. The summed E-state index contributed by atoms with van der Waals surface area (Å²) >= 11 is 6.25. The molecule has 1 aliphatic heterocycles. The molecule has 0 saturated carbocycles. The average Bonchev–Trinajstić information content (AvgIpc) is 3.28. The first-order valence-corrected chi connectivity index (χ1v) is 13.4. The van der Waals surface area contributed by atoms with Crippen LogP contribution < -0.4 is 14.8 Å². The van der Waals surface area contributed by atoms with Crippen LogP contribution in [0.15, 0.2) is 78.0 Å². The lowest BCUT2D eigenvalue weighted by atomic mass is 9.72. The van der Waals surface area contributed by atoms with Crippen molar-refractivity contribution in [2.24, 2.45) is 0 Å². The zero-order chi connectivity index (χ0) is 27.3. The fourth-order valence-corrected chi connectivity index (χ4v) is 6.01. The summed E-state index contributed by atoms with van der Waals surface area (Å²) in [7, 11) is 3.25. The number of benzene rings is 3. The molecule has 6 rings (SSSR count). The number of hydrogen-bond acceptors (Lipinski definition) is 5. The number of aryl methyl sites for hydroxylation is 2. The lowest BCUT2D eigenvalue weighted by Gasteiger charge is -2.36. The number of carbonyl (C=O) groups excluding carboxylic acids is 1. The van der Waals surface area contributed by atoms with E-state index in [1.807, 2.05) is 54.1 Å². The number of Topliss-reactive ketones (excluding diaryl/α,β-unsaturated/α-hetero) is 1. The van der Waals surface area contributed by atoms with E-state index in [1.165, 1.54) is 5.56 Å². The van der Waals surface area contributed by atoms with Crippen LogP contribution in [0, 0.1) is 13.8 Å². The number of anilines is 1. The van der Waals surface area contributed by atoms with Crippen LogP contribution in [-0.2, 0) is 4.79 Å². The molecule has 7 heteroatoms. The van der Waals surface area contributed by atoms with Crippen LogP contribution in [0.1, 0.15) is 52.6 Å². The number of ketones is 1. The van der Waals surface area contributed by atoms with Crippen molar-refractivity contribution in [3.05, 3.63) is 111 Å². The second-order valence-corrected chi connectivity index (χ2v) is 10.7. The molecule has 1 aliphatic carbocycles. The Hall–Kier alpha value is -4.03. The number of fused-ring (bicyclic) bond motifs is 1. The van der Waals surface area contributed by atoms with E-state index >= 15 is 0 Å². The number of ether oxygens (including phenoxy) is 2. The Morgan fingerprint density at radius 3 is 2.28 bits per heavy atom. The Kier molecular flexibility index (Phi) is 6.43. The predicted molar refractivity (Wildman–Crippen MR) is 154 cm³/mol. The Balaban J connectivity index is 1.48. The summed E-state index contributed by atoms with van der Waals surface area (Å²) in [5, 5.41) is 9.28. The standard InChI is InChI=1S/C32H30ClN3O3/c1-18-5-12-24(13-6-18)36-32-29(19(2)35-36)30(20-7-10-23(33)11-8-20)31-25(34-32)15-22(16-26(31)37)21-9-14-27(38-3)28(17-21)39-4/h5-14,17,22,30,34H,15-16H2,1-4H3/t22-,30+/m0/s1. The number of allylic oxidation sites excluding steroid dienone is 2. The van der Waals surface area contributed by atoms with Crippen molar-refractivity contribution in [3.8, 4) is 17.2 Å². The van der Waals surface area contributed by atoms with E-state index in [2.05, 4.69) is 36.5 Å². The van der Waals surface area contributed by atoms with Crippen molar-refractivity contribution in [1.29, 1.82) is 0 Å². The molecule has 0 spiro atoms. The zero-order valence-electron chi connectivity index (χ0n) is 22.4. The van der Waals surface area contributed by atoms with E-state index < -0.39 is 0 Å². The van der Waals surface area contributed by atoms with Gasteiger partial charge in [0.15, 0.2) is 17.3 Å². The smallest absolute Gasteiger partial charge is 0.162 e. The van der Waals surface area contributed by atoms with E-state index in [1.54, 1.807) is 14.2 Å². The molecule has 6 nitrogen and oxygen atoms in total. The number of nitrogens with zero attached hydrogens (tertiary/aromatic N) is 2. The Morgan fingerprint density at radius 2 is 1.59 bits per heavy atom. The van der Waals surface area contributed by atoms with Crippen molar-refractivity contribution >= 4 is 23.2 Å². The van der Waals surface area contributed by atoms with E-state index in [4.69, 9.17) is 26.2 Å². The molecule has 2 heterocycles. The SMILES string of the molecule is COc1ccc([C@@H]2CC(=O)C3=C(C2)Nc2c(c(C)nn2-c2ccc(C)cc2)[C@H]3c2ccc(Cl)cc2)cc1OC. The van der Waals surface area contributed by atoms with Gasteiger partial charge < -0.3 is 14.8 Å². The van der Waals surface area contributed by atoms with Gasteiger partial charge in [-0.1, -0.05) is 47.5 Å². The molecule has 0 radical (unpaired) electrons. The summed E-state index contributed by atoms with van der Waals surface area (Å²) in [4.78, 5) is 14.0. The summed E-state index contributed by atoms with van der Waals surface area (Å²) in [5.41, 5.74) is 7.89. The van der Waals surface area contributed by atoms with E-state index in [0.29, 0.717) is 29.4 Å². The Labute approximate surface area is 233 Å². The maximum absolute atomic E-state index is 14.0. The van der Waals surface area contributed by atoms with Gasteiger partial charge in [-0.05, 0) is 73.7 Å². The van der Waals surface area contributed by atoms with E-state index in [-0.39, 0.29) is 17.6 Å². The van der Waals surface area contributed by atoms with Crippen LogP contribution in [0.3, 0.4) is 0 Å².